The minimum absolute atomic E-state index is 0.0480. The lowest BCUT2D eigenvalue weighted by Crippen LogP contribution is -2.30. The molecule has 1 aliphatic carbocycles. The number of methoxy groups -OCH3 is 1. The minimum Gasteiger partial charge on any atom is -0.469 e. The van der Waals surface area contributed by atoms with Crippen molar-refractivity contribution in [3.05, 3.63) is 12.2 Å². The molecule has 0 heterocycles. The lowest BCUT2D eigenvalue weighted by Gasteiger charge is -2.31. The predicted octanol–water partition coefficient (Wildman–Crippen LogP) is 5.23. The van der Waals surface area contributed by atoms with E-state index in [-0.39, 0.29) is 23.4 Å². The summed E-state index contributed by atoms with van der Waals surface area (Å²) < 4.78 is 4.63. The van der Waals surface area contributed by atoms with Gasteiger partial charge in [-0.15, -0.1) is 0 Å². The Balaban J connectivity index is 2.40. The average molecular weight is 381 g/mol. The molecule has 0 aromatic carbocycles. The molecule has 0 spiro atoms. The smallest absolute Gasteiger partial charge is 0.305 e. The van der Waals surface area contributed by atoms with E-state index in [0.29, 0.717) is 24.5 Å². The van der Waals surface area contributed by atoms with Crippen molar-refractivity contribution in [2.75, 3.05) is 7.11 Å². The summed E-state index contributed by atoms with van der Waals surface area (Å²) in [6, 6.07) is 0. The Morgan fingerprint density at radius 2 is 2.07 bits per heavy atom. The number of rotatable bonds is 13. The summed E-state index contributed by atoms with van der Waals surface area (Å²) >= 11 is 0. The largest absolute Gasteiger partial charge is 0.469 e. The Morgan fingerprint density at radius 1 is 1.33 bits per heavy atom. The second-order valence-corrected chi connectivity index (χ2v) is 8.73. The fourth-order valence-electron chi connectivity index (χ4n) is 4.04. The Bertz CT molecular complexity index is 481. The third-order valence-electron chi connectivity index (χ3n) is 6.17. The van der Waals surface area contributed by atoms with Crippen molar-refractivity contribution in [2.45, 2.75) is 97.5 Å². The third kappa shape index (κ3) is 8.59. The van der Waals surface area contributed by atoms with E-state index in [0.717, 1.165) is 57.8 Å². The first-order valence-electron chi connectivity index (χ1n) is 10.7. The second-order valence-electron chi connectivity index (χ2n) is 8.73. The van der Waals surface area contributed by atoms with E-state index < -0.39 is 0 Å². The maximum absolute atomic E-state index is 12.3. The maximum Gasteiger partial charge on any atom is 0.305 e. The maximum atomic E-state index is 12.3. The van der Waals surface area contributed by atoms with Crippen molar-refractivity contribution in [3.8, 4) is 0 Å². The van der Waals surface area contributed by atoms with Gasteiger partial charge in [-0.05, 0) is 56.3 Å². The van der Waals surface area contributed by atoms with Crippen LogP contribution in [-0.4, -0.2) is 30.1 Å². The molecule has 0 radical (unpaired) electrons. The lowest BCUT2D eigenvalue weighted by atomic mass is 9.77. The molecule has 0 aromatic heterocycles. The topological polar surface area (TPSA) is 63.6 Å². The van der Waals surface area contributed by atoms with E-state index in [4.69, 9.17) is 0 Å². The summed E-state index contributed by atoms with van der Waals surface area (Å²) in [5, 5.41) is 10.6. The second kappa shape index (κ2) is 12.3. The van der Waals surface area contributed by atoms with Crippen LogP contribution in [0.3, 0.4) is 0 Å². The number of aliphatic hydroxyl groups excluding tert-OH is 1. The van der Waals surface area contributed by atoms with Crippen LogP contribution in [0.2, 0.25) is 0 Å². The fourth-order valence-corrected chi connectivity index (χ4v) is 4.04. The highest BCUT2D eigenvalue weighted by atomic mass is 16.5. The number of hydrogen-bond acceptors (Lipinski definition) is 4. The lowest BCUT2D eigenvalue weighted by molar-refractivity contribution is -0.140. The Morgan fingerprint density at radius 3 is 2.74 bits per heavy atom. The summed E-state index contributed by atoms with van der Waals surface area (Å²) in [7, 11) is 1.41. The molecule has 0 aromatic rings. The van der Waals surface area contributed by atoms with Crippen LogP contribution < -0.4 is 0 Å². The molecule has 3 unspecified atom stereocenters. The van der Waals surface area contributed by atoms with Gasteiger partial charge in [0, 0.05) is 18.8 Å². The molecule has 1 N–H and O–H groups in total. The van der Waals surface area contributed by atoms with Gasteiger partial charge >= 0.3 is 5.97 Å². The fraction of sp³-hybridized carbons (Fsp3) is 0.826. The zero-order chi connectivity index (χ0) is 20.3. The number of hydrogen-bond donors (Lipinski definition) is 1. The van der Waals surface area contributed by atoms with E-state index in [1.54, 1.807) is 0 Å². The predicted molar refractivity (Wildman–Crippen MR) is 109 cm³/mol. The van der Waals surface area contributed by atoms with Gasteiger partial charge in [0.25, 0.3) is 0 Å². The number of ketones is 1. The average Bonchev–Trinajstić information content (AvgIpc) is 3.00. The van der Waals surface area contributed by atoms with Crippen LogP contribution in [0, 0.1) is 17.3 Å². The van der Waals surface area contributed by atoms with Gasteiger partial charge in [-0.2, -0.15) is 0 Å². The van der Waals surface area contributed by atoms with Crippen LogP contribution in [0.1, 0.15) is 91.4 Å². The van der Waals surface area contributed by atoms with Gasteiger partial charge < -0.3 is 9.84 Å². The molecule has 0 aliphatic heterocycles. The Hall–Kier alpha value is -1.16. The Labute approximate surface area is 165 Å². The summed E-state index contributed by atoms with van der Waals surface area (Å²) in [5.74, 6) is 0.704. The molecule has 4 heteroatoms. The highest BCUT2D eigenvalue weighted by Crippen LogP contribution is 2.37. The SMILES string of the molecule is CCCCC(C)(C)C(O)CCC1CCC(=O)C1C/C=C\CCCC(=O)OC. The quantitative estimate of drug-likeness (QED) is 0.270. The number of allylic oxidation sites excluding steroid dienone is 2. The van der Waals surface area contributed by atoms with Gasteiger partial charge in [0.1, 0.15) is 5.78 Å². The number of Topliss-reactive ketones (excluding diaryl/α,β-unsaturated/α-hetero) is 1. The highest BCUT2D eigenvalue weighted by molar-refractivity contribution is 5.83. The zero-order valence-corrected chi connectivity index (χ0v) is 17.8. The standard InChI is InChI=1S/C23H40O4/c1-5-6-17-23(2,3)21(25)16-14-18-13-15-20(24)19(18)11-9-7-8-10-12-22(26)27-4/h7,9,18-19,21,25H,5-6,8,10-17H2,1-4H3/b9-7-. The van der Waals surface area contributed by atoms with Crippen molar-refractivity contribution in [2.24, 2.45) is 17.3 Å². The van der Waals surface area contributed by atoms with Gasteiger partial charge in [0.2, 0.25) is 0 Å². The number of carbonyl (C=O) groups excluding carboxylic acids is 2. The first-order chi connectivity index (χ1) is 12.8. The van der Waals surface area contributed by atoms with Crippen LogP contribution in [-0.2, 0) is 14.3 Å². The first kappa shape index (κ1) is 23.9. The molecule has 1 rings (SSSR count). The van der Waals surface area contributed by atoms with E-state index in [1.807, 2.05) is 0 Å². The Kier molecular flexibility index (Phi) is 10.9. The van der Waals surface area contributed by atoms with E-state index >= 15 is 0 Å². The van der Waals surface area contributed by atoms with Crippen LogP contribution in [0.25, 0.3) is 0 Å². The number of carbonyl (C=O) groups is 2. The molecule has 0 amide bonds. The normalized spacial score (nSPS) is 21.7. The van der Waals surface area contributed by atoms with Gasteiger partial charge in [-0.3, -0.25) is 9.59 Å². The first-order valence-corrected chi connectivity index (χ1v) is 10.7. The third-order valence-corrected chi connectivity index (χ3v) is 6.17. The molecule has 0 saturated heterocycles. The monoisotopic (exact) mass is 380 g/mol. The van der Waals surface area contributed by atoms with Crippen LogP contribution >= 0.6 is 0 Å². The number of ether oxygens (including phenoxy) is 1. The van der Waals surface area contributed by atoms with Crippen molar-refractivity contribution in [3.63, 3.8) is 0 Å². The van der Waals surface area contributed by atoms with Gasteiger partial charge in [-0.25, -0.2) is 0 Å². The van der Waals surface area contributed by atoms with E-state index in [2.05, 4.69) is 37.7 Å². The molecule has 4 nitrogen and oxygen atoms in total. The van der Waals surface area contributed by atoms with Crippen LogP contribution in [0.5, 0.6) is 0 Å². The van der Waals surface area contributed by atoms with Gasteiger partial charge in [0.05, 0.1) is 13.2 Å². The van der Waals surface area contributed by atoms with Crippen molar-refractivity contribution < 1.29 is 19.4 Å². The van der Waals surface area contributed by atoms with Gasteiger partial charge in [-0.1, -0.05) is 45.8 Å². The highest BCUT2D eigenvalue weighted by Gasteiger charge is 2.35. The molecular weight excluding hydrogens is 340 g/mol. The van der Waals surface area contributed by atoms with E-state index in [9.17, 15) is 14.7 Å². The summed E-state index contributed by atoms with van der Waals surface area (Å²) in [6.45, 7) is 6.49. The molecule has 1 aliphatic rings. The zero-order valence-electron chi connectivity index (χ0n) is 17.8. The minimum atomic E-state index is -0.297. The molecule has 1 fully saturated rings. The van der Waals surface area contributed by atoms with Gasteiger partial charge in [0.15, 0.2) is 0 Å². The molecule has 3 atom stereocenters. The summed E-state index contributed by atoms with van der Waals surface area (Å²) in [6.07, 6.45) is 13.4. The van der Waals surface area contributed by atoms with E-state index in [1.165, 1.54) is 7.11 Å². The van der Waals surface area contributed by atoms with Crippen molar-refractivity contribution in [1.29, 1.82) is 0 Å². The molecule has 156 valence electrons. The van der Waals surface area contributed by atoms with Crippen molar-refractivity contribution in [1.82, 2.24) is 0 Å². The van der Waals surface area contributed by atoms with Crippen LogP contribution in [0.15, 0.2) is 12.2 Å². The molecule has 27 heavy (non-hydrogen) atoms. The van der Waals surface area contributed by atoms with Crippen molar-refractivity contribution >= 4 is 11.8 Å². The molecule has 1 saturated carbocycles. The molecule has 0 bridgehead atoms. The van der Waals surface area contributed by atoms with Crippen LogP contribution in [0.4, 0.5) is 0 Å². The number of unbranched alkanes of at least 4 members (excludes halogenated alkanes) is 2. The number of esters is 1. The summed E-state index contributed by atoms with van der Waals surface area (Å²) in [5.41, 5.74) is -0.0480. The number of aliphatic hydroxyl groups is 1. The summed E-state index contributed by atoms with van der Waals surface area (Å²) in [4.78, 5) is 23.3. The molecular formula is C23H40O4.